The van der Waals surface area contributed by atoms with Crippen molar-refractivity contribution in [3.63, 3.8) is 0 Å². The van der Waals surface area contributed by atoms with Gasteiger partial charge in [-0.05, 0) is 19.3 Å². The second-order valence-corrected chi connectivity index (χ2v) is 3.61. The van der Waals surface area contributed by atoms with Crippen LogP contribution in [0.25, 0.3) is 0 Å². The Hall–Kier alpha value is 0.230. The highest BCUT2D eigenvalue weighted by Gasteiger charge is 2.11. The quantitative estimate of drug-likeness (QED) is 0.176. The number of rotatable bonds is 12. The van der Waals surface area contributed by atoms with Gasteiger partial charge in [-0.3, -0.25) is 0 Å². The molecule has 0 N–H and O–H groups in total. The lowest BCUT2D eigenvalue weighted by molar-refractivity contribution is -0.463. The zero-order valence-corrected chi connectivity index (χ0v) is 11.3. The molecule has 0 aliphatic rings. The topological polar surface area (TPSA) is 46.2 Å². The van der Waals surface area contributed by atoms with Gasteiger partial charge < -0.3 is 4.52 Å². The van der Waals surface area contributed by atoms with Crippen LogP contribution in [-0.4, -0.2) is 26.1 Å². The first kappa shape index (κ1) is 16.2. The summed E-state index contributed by atoms with van der Waals surface area (Å²) in [5, 5.41) is 0. The molecule has 0 radical (unpaired) electrons. The molecule has 6 heteroatoms. The molecule has 0 spiro atoms. The molecular formula is C10H23O5P. The average molecular weight is 254 g/mol. The predicted molar refractivity (Wildman–Crippen MR) is 63.3 cm³/mol. The third-order valence-electron chi connectivity index (χ3n) is 1.63. The van der Waals surface area contributed by atoms with Crippen LogP contribution in [-0.2, 0) is 24.1 Å². The van der Waals surface area contributed by atoms with Crippen LogP contribution in [0.4, 0.5) is 0 Å². The Morgan fingerprint density at radius 2 is 1.50 bits per heavy atom. The van der Waals surface area contributed by atoms with Gasteiger partial charge in [0.25, 0.3) is 0 Å². The van der Waals surface area contributed by atoms with E-state index in [1.807, 2.05) is 13.8 Å². The molecule has 0 saturated heterocycles. The van der Waals surface area contributed by atoms with E-state index < -0.39 is 6.29 Å². The average Bonchev–Trinajstić information content (AvgIpc) is 2.29. The van der Waals surface area contributed by atoms with Crippen LogP contribution in [0.5, 0.6) is 0 Å². The van der Waals surface area contributed by atoms with Crippen LogP contribution < -0.4 is 0 Å². The summed E-state index contributed by atoms with van der Waals surface area (Å²) in [6.07, 6.45) is 2.80. The van der Waals surface area contributed by atoms with Gasteiger partial charge in [0.1, 0.15) is 0 Å². The second-order valence-electron chi connectivity index (χ2n) is 3.28. The van der Waals surface area contributed by atoms with Gasteiger partial charge >= 0.3 is 0 Å². The van der Waals surface area contributed by atoms with Gasteiger partial charge in [-0.25, -0.2) is 19.6 Å². The van der Waals surface area contributed by atoms with Crippen LogP contribution in [0.1, 0.15) is 39.5 Å². The molecule has 1 atom stereocenters. The second kappa shape index (κ2) is 13.3. The van der Waals surface area contributed by atoms with Gasteiger partial charge in [0.2, 0.25) is 6.29 Å². The minimum absolute atomic E-state index is 0.488. The summed E-state index contributed by atoms with van der Waals surface area (Å²) in [6.45, 7) is 5.75. The lowest BCUT2D eigenvalue weighted by Gasteiger charge is -2.15. The van der Waals surface area contributed by atoms with E-state index in [0.717, 1.165) is 19.3 Å². The Bertz CT molecular complexity index is 113. The van der Waals surface area contributed by atoms with E-state index in [1.54, 1.807) is 0 Å². The first-order valence-corrected chi connectivity index (χ1v) is 6.20. The molecule has 0 aromatic rings. The van der Waals surface area contributed by atoms with Crippen molar-refractivity contribution in [3.8, 4) is 0 Å². The van der Waals surface area contributed by atoms with Crippen molar-refractivity contribution in [2.45, 2.75) is 45.8 Å². The largest absolute Gasteiger partial charge is 0.366 e. The fraction of sp³-hybridized carbons (Fsp3) is 1.00. The van der Waals surface area contributed by atoms with Gasteiger partial charge in [-0.1, -0.05) is 13.8 Å². The van der Waals surface area contributed by atoms with Crippen molar-refractivity contribution < 1.29 is 24.1 Å². The van der Waals surface area contributed by atoms with E-state index >= 15 is 0 Å². The highest BCUT2D eigenvalue weighted by molar-refractivity contribution is 7.09. The van der Waals surface area contributed by atoms with E-state index in [-0.39, 0.29) is 0 Å². The minimum atomic E-state index is -0.488. The normalized spacial score (nSPS) is 11.2. The summed E-state index contributed by atoms with van der Waals surface area (Å²) in [7, 11) is 2.21. The van der Waals surface area contributed by atoms with E-state index in [1.165, 1.54) is 0 Å². The number of hydrogen-bond donors (Lipinski definition) is 0. The molecule has 0 bridgehead atoms. The molecule has 0 heterocycles. The molecule has 5 nitrogen and oxygen atoms in total. The SMILES string of the molecule is CCCOOC(CCCOP)OOCCC. The molecule has 0 aromatic carbocycles. The Morgan fingerprint density at radius 1 is 0.938 bits per heavy atom. The van der Waals surface area contributed by atoms with Crippen LogP contribution in [0, 0.1) is 0 Å². The van der Waals surface area contributed by atoms with Gasteiger partial charge in [-0.15, -0.1) is 0 Å². The van der Waals surface area contributed by atoms with Gasteiger partial charge in [-0.2, -0.15) is 0 Å². The first-order chi connectivity index (χ1) is 7.85. The van der Waals surface area contributed by atoms with Crippen LogP contribution in [0.2, 0.25) is 0 Å². The minimum Gasteiger partial charge on any atom is -0.366 e. The van der Waals surface area contributed by atoms with E-state index in [4.69, 9.17) is 24.1 Å². The Kier molecular flexibility index (Phi) is 13.5. The van der Waals surface area contributed by atoms with Gasteiger partial charge in [0, 0.05) is 15.9 Å². The summed E-state index contributed by atoms with van der Waals surface area (Å²) >= 11 is 0. The molecule has 0 saturated carbocycles. The van der Waals surface area contributed by atoms with Gasteiger partial charge in [0.05, 0.1) is 19.8 Å². The summed E-state index contributed by atoms with van der Waals surface area (Å²) in [4.78, 5) is 20.0. The molecule has 0 aliphatic carbocycles. The highest BCUT2D eigenvalue weighted by Crippen LogP contribution is 2.07. The molecule has 0 amide bonds. The maximum atomic E-state index is 5.07. The van der Waals surface area contributed by atoms with E-state index in [2.05, 4.69) is 9.47 Å². The van der Waals surface area contributed by atoms with E-state index in [0.29, 0.717) is 26.2 Å². The van der Waals surface area contributed by atoms with Crippen molar-refractivity contribution >= 4 is 9.47 Å². The summed E-state index contributed by atoms with van der Waals surface area (Å²) in [5.41, 5.74) is 0. The van der Waals surface area contributed by atoms with Crippen molar-refractivity contribution in [2.75, 3.05) is 19.8 Å². The van der Waals surface area contributed by atoms with Crippen molar-refractivity contribution in [2.24, 2.45) is 0 Å². The summed E-state index contributed by atoms with van der Waals surface area (Å²) in [6, 6.07) is 0. The van der Waals surface area contributed by atoms with Crippen molar-refractivity contribution in [3.05, 3.63) is 0 Å². The Balaban J connectivity index is 3.58. The molecule has 0 fully saturated rings. The smallest absolute Gasteiger partial charge is 0.224 e. The fourth-order valence-electron chi connectivity index (χ4n) is 0.860. The first-order valence-electron chi connectivity index (χ1n) is 5.73. The lowest BCUT2D eigenvalue weighted by Crippen LogP contribution is -2.19. The maximum absolute atomic E-state index is 5.07. The fourth-order valence-corrected chi connectivity index (χ4v) is 1.03. The third kappa shape index (κ3) is 10.7. The zero-order chi connectivity index (χ0) is 12.1. The van der Waals surface area contributed by atoms with Crippen molar-refractivity contribution in [1.82, 2.24) is 0 Å². The number of hydrogen-bond acceptors (Lipinski definition) is 5. The maximum Gasteiger partial charge on any atom is 0.224 e. The molecular weight excluding hydrogens is 231 g/mol. The van der Waals surface area contributed by atoms with Crippen LogP contribution in [0.3, 0.4) is 0 Å². The molecule has 0 rings (SSSR count). The predicted octanol–water partition coefficient (Wildman–Crippen LogP) is 2.62. The Morgan fingerprint density at radius 3 is 1.94 bits per heavy atom. The monoisotopic (exact) mass is 254 g/mol. The molecule has 1 unspecified atom stereocenters. The summed E-state index contributed by atoms with van der Waals surface area (Å²) in [5.74, 6) is 0. The highest BCUT2D eigenvalue weighted by atomic mass is 31.0. The molecule has 98 valence electrons. The molecule has 16 heavy (non-hydrogen) atoms. The van der Waals surface area contributed by atoms with E-state index in [9.17, 15) is 0 Å². The third-order valence-corrected chi connectivity index (χ3v) is 1.86. The van der Waals surface area contributed by atoms with Crippen LogP contribution in [0.15, 0.2) is 0 Å². The molecule has 0 aromatic heterocycles. The lowest BCUT2D eigenvalue weighted by atomic mass is 10.3. The zero-order valence-electron chi connectivity index (χ0n) is 10.1. The Labute approximate surface area is 99.9 Å². The van der Waals surface area contributed by atoms with Crippen LogP contribution >= 0.6 is 9.47 Å². The standard InChI is InChI=1S/C10H23O5P/c1-3-7-11-14-10(6-5-9-13-16)15-12-8-4-2/h10H,3-9,16H2,1-2H3. The van der Waals surface area contributed by atoms with Crippen molar-refractivity contribution in [1.29, 1.82) is 0 Å². The molecule has 0 aliphatic heterocycles. The van der Waals surface area contributed by atoms with Gasteiger partial charge in [0.15, 0.2) is 0 Å². The summed E-state index contributed by atoms with van der Waals surface area (Å²) < 4.78 is 4.87.